The number of aliphatic hydroxyl groups is 1. The Kier molecular flexibility index (Phi) is 5.56. The van der Waals surface area contributed by atoms with Gasteiger partial charge in [-0.2, -0.15) is 0 Å². The molecule has 0 bridgehead atoms. The lowest BCUT2D eigenvalue weighted by Gasteiger charge is -2.32. The van der Waals surface area contributed by atoms with Crippen LogP contribution in [0.2, 0.25) is 0 Å². The standard InChI is InChI=1S/C11H24O/c1-5-8-9-11(12,7-3)10(4)6-2/h10,12H,5-9H2,1-4H3. The van der Waals surface area contributed by atoms with Crippen molar-refractivity contribution < 1.29 is 5.11 Å². The quantitative estimate of drug-likeness (QED) is 0.651. The van der Waals surface area contributed by atoms with Crippen molar-refractivity contribution in [1.29, 1.82) is 0 Å². The average molecular weight is 172 g/mol. The molecule has 0 aromatic heterocycles. The molecule has 0 aromatic carbocycles. The first-order valence-corrected chi connectivity index (χ1v) is 5.33. The highest BCUT2D eigenvalue weighted by Crippen LogP contribution is 2.29. The molecule has 12 heavy (non-hydrogen) atoms. The van der Waals surface area contributed by atoms with Crippen LogP contribution in [0.5, 0.6) is 0 Å². The molecule has 0 aliphatic rings. The molecule has 0 saturated carbocycles. The summed E-state index contributed by atoms with van der Waals surface area (Å²) >= 11 is 0. The molecule has 0 aliphatic carbocycles. The van der Waals surface area contributed by atoms with Gasteiger partial charge in [-0.05, 0) is 18.8 Å². The van der Waals surface area contributed by atoms with Crippen LogP contribution in [-0.4, -0.2) is 10.7 Å². The third kappa shape index (κ3) is 3.14. The number of hydrogen-bond acceptors (Lipinski definition) is 1. The maximum Gasteiger partial charge on any atom is 0.0670 e. The summed E-state index contributed by atoms with van der Waals surface area (Å²) in [4.78, 5) is 0. The molecule has 0 saturated heterocycles. The van der Waals surface area contributed by atoms with E-state index in [4.69, 9.17) is 0 Å². The SMILES string of the molecule is CCCCC(O)(CC)C(C)CC. The van der Waals surface area contributed by atoms with E-state index in [1.54, 1.807) is 0 Å². The van der Waals surface area contributed by atoms with Gasteiger partial charge in [-0.15, -0.1) is 0 Å². The third-order valence-electron chi connectivity index (χ3n) is 3.11. The summed E-state index contributed by atoms with van der Waals surface area (Å²) < 4.78 is 0. The summed E-state index contributed by atoms with van der Waals surface area (Å²) in [6.45, 7) is 8.56. The monoisotopic (exact) mass is 172 g/mol. The molecule has 1 N–H and O–H groups in total. The van der Waals surface area contributed by atoms with Gasteiger partial charge in [0, 0.05) is 0 Å². The lowest BCUT2D eigenvalue weighted by Crippen LogP contribution is -2.35. The van der Waals surface area contributed by atoms with Gasteiger partial charge < -0.3 is 5.11 Å². The fourth-order valence-corrected chi connectivity index (χ4v) is 1.63. The summed E-state index contributed by atoms with van der Waals surface area (Å²) in [5.41, 5.74) is -0.398. The predicted octanol–water partition coefficient (Wildman–Crippen LogP) is 3.36. The van der Waals surface area contributed by atoms with Gasteiger partial charge in [0.05, 0.1) is 5.60 Å². The molecule has 2 atom stereocenters. The van der Waals surface area contributed by atoms with Crippen molar-refractivity contribution in [2.24, 2.45) is 5.92 Å². The number of rotatable bonds is 6. The van der Waals surface area contributed by atoms with Gasteiger partial charge in [-0.1, -0.05) is 47.0 Å². The van der Waals surface area contributed by atoms with Gasteiger partial charge in [0.2, 0.25) is 0 Å². The normalized spacial score (nSPS) is 18.8. The van der Waals surface area contributed by atoms with E-state index in [0.717, 1.165) is 25.7 Å². The molecule has 0 heterocycles. The topological polar surface area (TPSA) is 20.2 Å². The van der Waals surface area contributed by atoms with Crippen LogP contribution in [0, 0.1) is 5.92 Å². The average Bonchev–Trinajstić information content (AvgIpc) is 2.12. The van der Waals surface area contributed by atoms with Gasteiger partial charge >= 0.3 is 0 Å². The molecule has 74 valence electrons. The summed E-state index contributed by atoms with van der Waals surface area (Å²) in [6.07, 6.45) is 5.26. The zero-order valence-corrected chi connectivity index (χ0v) is 9.06. The highest BCUT2D eigenvalue weighted by Gasteiger charge is 2.29. The van der Waals surface area contributed by atoms with Gasteiger partial charge in [0.1, 0.15) is 0 Å². The molecule has 0 aromatic rings. The van der Waals surface area contributed by atoms with E-state index in [9.17, 15) is 5.11 Å². The van der Waals surface area contributed by atoms with Crippen LogP contribution >= 0.6 is 0 Å². The molecule has 0 rings (SSSR count). The van der Waals surface area contributed by atoms with Crippen molar-refractivity contribution in [2.45, 2.75) is 65.4 Å². The molecular formula is C11H24O. The Morgan fingerprint density at radius 1 is 1.25 bits per heavy atom. The van der Waals surface area contributed by atoms with Crippen LogP contribution in [0.1, 0.15) is 59.8 Å². The zero-order chi connectivity index (χ0) is 9.61. The summed E-state index contributed by atoms with van der Waals surface area (Å²) in [6, 6.07) is 0. The molecule has 2 unspecified atom stereocenters. The summed E-state index contributed by atoms with van der Waals surface area (Å²) in [5.74, 6) is 0.439. The lowest BCUT2D eigenvalue weighted by molar-refractivity contribution is -0.0262. The van der Waals surface area contributed by atoms with Gasteiger partial charge in [-0.3, -0.25) is 0 Å². The van der Waals surface area contributed by atoms with Gasteiger partial charge in [-0.25, -0.2) is 0 Å². The van der Waals surface area contributed by atoms with Crippen molar-refractivity contribution >= 4 is 0 Å². The van der Waals surface area contributed by atoms with Crippen LogP contribution in [0.15, 0.2) is 0 Å². The minimum absolute atomic E-state index is 0.398. The minimum atomic E-state index is -0.398. The molecule has 0 spiro atoms. The van der Waals surface area contributed by atoms with E-state index >= 15 is 0 Å². The fourth-order valence-electron chi connectivity index (χ4n) is 1.63. The molecule has 0 fully saturated rings. The van der Waals surface area contributed by atoms with Crippen LogP contribution in [0.4, 0.5) is 0 Å². The Bertz CT molecular complexity index is 112. The van der Waals surface area contributed by atoms with Crippen LogP contribution < -0.4 is 0 Å². The second-order valence-corrected chi connectivity index (χ2v) is 3.87. The maximum absolute atomic E-state index is 10.2. The van der Waals surface area contributed by atoms with Crippen molar-refractivity contribution in [3.8, 4) is 0 Å². The van der Waals surface area contributed by atoms with Gasteiger partial charge in [0.25, 0.3) is 0 Å². The Labute approximate surface area is 77.2 Å². The highest BCUT2D eigenvalue weighted by molar-refractivity contribution is 4.81. The fraction of sp³-hybridized carbons (Fsp3) is 1.00. The minimum Gasteiger partial charge on any atom is -0.390 e. The molecule has 0 aliphatic heterocycles. The first-order chi connectivity index (χ1) is 5.60. The number of unbranched alkanes of at least 4 members (excludes halogenated alkanes) is 1. The van der Waals surface area contributed by atoms with Crippen molar-refractivity contribution in [3.63, 3.8) is 0 Å². The third-order valence-corrected chi connectivity index (χ3v) is 3.11. The molecular weight excluding hydrogens is 148 g/mol. The van der Waals surface area contributed by atoms with Crippen LogP contribution in [-0.2, 0) is 0 Å². The van der Waals surface area contributed by atoms with Crippen molar-refractivity contribution in [3.05, 3.63) is 0 Å². The van der Waals surface area contributed by atoms with E-state index in [0.29, 0.717) is 5.92 Å². The first kappa shape index (κ1) is 12.0. The van der Waals surface area contributed by atoms with E-state index in [-0.39, 0.29) is 0 Å². The zero-order valence-electron chi connectivity index (χ0n) is 9.06. The summed E-state index contributed by atoms with van der Waals surface area (Å²) in [7, 11) is 0. The maximum atomic E-state index is 10.2. The van der Waals surface area contributed by atoms with E-state index < -0.39 is 5.60 Å². The lowest BCUT2D eigenvalue weighted by atomic mass is 9.81. The molecule has 1 heteroatoms. The molecule has 0 radical (unpaired) electrons. The van der Waals surface area contributed by atoms with Crippen molar-refractivity contribution in [2.75, 3.05) is 0 Å². The van der Waals surface area contributed by atoms with E-state index in [1.807, 2.05) is 0 Å². The number of hydrogen-bond donors (Lipinski definition) is 1. The second-order valence-electron chi connectivity index (χ2n) is 3.87. The second kappa shape index (κ2) is 5.58. The molecule has 0 amide bonds. The highest BCUT2D eigenvalue weighted by atomic mass is 16.3. The van der Waals surface area contributed by atoms with Crippen molar-refractivity contribution in [1.82, 2.24) is 0 Å². The first-order valence-electron chi connectivity index (χ1n) is 5.33. The van der Waals surface area contributed by atoms with E-state index in [2.05, 4.69) is 27.7 Å². The van der Waals surface area contributed by atoms with E-state index in [1.165, 1.54) is 6.42 Å². The largest absolute Gasteiger partial charge is 0.390 e. The van der Waals surface area contributed by atoms with Gasteiger partial charge in [0.15, 0.2) is 0 Å². The molecule has 1 nitrogen and oxygen atoms in total. The Balaban J connectivity index is 4.03. The summed E-state index contributed by atoms with van der Waals surface area (Å²) in [5, 5.41) is 10.2. The Hall–Kier alpha value is -0.0400. The van der Waals surface area contributed by atoms with Crippen LogP contribution in [0.25, 0.3) is 0 Å². The Morgan fingerprint density at radius 2 is 1.83 bits per heavy atom. The Morgan fingerprint density at radius 3 is 2.17 bits per heavy atom. The smallest absolute Gasteiger partial charge is 0.0670 e. The van der Waals surface area contributed by atoms with Crippen LogP contribution in [0.3, 0.4) is 0 Å². The predicted molar refractivity (Wildman–Crippen MR) is 54.2 cm³/mol.